The van der Waals surface area contributed by atoms with Gasteiger partial charge in [-0.05, 0) is 59.7 Å². The van der Waals surface area contributed by atoms with Crippen LogP contribution in [-0.2, 0) is 4.79 Å². The Hall–Kier alpha value is -0.570. The smallest absolute Gasteiger partial charge is 0.225 e. The van der Waals surface area contributed by atoms with Gasteiger partial charge in [-0.25, -0.2) is 0 Å². The van der Waals surface area contributed by atoms with E-state index in [1.54, 1.807) is 0 Å². The third-order valence-electron chi connectivity index (χ3n) is 3.81. The Labute approximate surface area is 106 Å². The first kappa shape index (κ1) is 14.5. The van der Waals surface area contributed by atoms with Gasteiger partial charge in [0.2, 0.25) is 5.91 Å². The standard InChI is InChI=1S/C14H28N2O/c1-6-9-16-10-7-12(8-11-16)13(17)15(5)14(2,3)4/h12H,6-11H2,1-5H3. The molecule has 1 heterocycles. The van der Waals surface area contributed by atoms with E-state index < -0.39 is 0 Å². The quantitative estimate of drug-likeness (QED) is 0.756. The summed E-state index contributed by atoms with van der Waals surface area (Å²) in [4.78, 5) is 16.7. The van der Waals surface area contributed by atoms with E-state index in [9.17, 15) is 4.79 Å². The molecule has 0 aliphatic carbocycles. The van der Waals surface area contributed by atoms with Crippen LogP contribution in [0.2, 0.25) is 0 Å². The average Bonchev–Trinajstić information content (AvgIpc) is 2.27. The van der Waals surface area contributed by atoms with E-state index in [0.717, 1.165) is 25.9 Å². The van der Waals surface area contributed by atoms with Gasteiger partial charge >= 0.3 is 0 Å². The molecule has 0 aromatic carbocycles. The lowest BCUT2D eigenvalue weighted by Crippen LogP contribution is -2.48. The summed E-state index contributed by atoms with van der Waals surface area (Å²) in [5.74, 6) is 0.570. The molecule has 3 heteroatoms. The molecule has 0 aromatic rings. The summed E-state index contributed by atoms with van der Waals surface area (Å²) in [6, 6.07) is 0. The molecule has 1 fully saturated rings. The predicted molar refractivity (Wildman–Crippen MR) is 72.0 cm³/mol. The topological polar surface area (TPSA) is 23.6 Å². The predicted octanol–water partition coefficient (Wildman–Crippen LogP) is 2.37. The number of piperidine rings is 1. The van der Waals surface area contributed by atoms with Crippen molar-refractivity contribution in [3.05, 3.63) is 0 Å². The Bertz CT molecular complexity index is 249. The second kappa shape index (κ2) is 5.85. The van der Waals surface area contributed by atoms with Gasteiger partial charge < -0.3 is 9.80 Å². The van der Waals surface area contributed by atoms with Gasteiger partial charge in [-0.2, -0.15) is 0 Å². The molecule has 0 radical (unpaired) electrons. The molecule has 0 aromatic heterocycles. The molecular formula is C14H28N2O. The number of amides is 1. The number of carbonyl (C=O) groups is 1. The van der Waals surface area contributed by atoms with Gasteiger partial charge in [-0.3, -0.25) is 4.79 Å². The van der Waals surface area contributed by atoms with Gasteiger partial charge in [-0.1, -0.05) is 6.92 Å². The Balaban J connectivity index is 2.46. The Morgan fingerprint density at radius 2 is 1.82 bits per heavy atom. The highest BCUT2D eigenvalue weighted by molar-refractivity contribution is 5.79. The number of rotatable bonds is 3. The van der Waals surface area contributed by atoms with Crippen LogP contribution < -0.4 is 0 Å². The van der Waals surface area contributed by atoms with E-state index in [4.69, 9.17) is 0 Å². The minimum Gasteiger partial charge on any atom is -0.341 e. The molecular weight excluding hydrogens is 212 g/mol. The molecule has 0 N–H and O–H groups in total. The molecule has 1 amide bonds. The van der Waals surface area contributed by atoms with Crippen molar-refractivity contribution < 1.29 is 4.79 Å². The Morgan fingerprint density at radius 3 is 2.24 bits per heavy atom. The zero-order valence-electron chi connectivity index (χ0n) is 12.1. The van der Waals surface area contributed by atoms with E-state index in [1.165, 1.54) is 13.0 Å². The summed E-state index contributed by atoms with van der Waals surface area (Å²) >= 11 is 0. The normalized spacial score (nSPS) is 19.4. The molecule has 100 valence electrons. The first-order valence-corrected chi connectivity index (χ1v) is 6.86. The molecule has 17 heavy (non-hydrogen) atoms. The zero-order valence-corrected chi connectivity index (χ0v) is 12.1. The lowest BCUT2D eigenvalue weighted by molar-refractivity contribution is -0.140. The highest BCUT2D eigenvalue weighted by Gasteiger charge is 2.31. The number of nitrogens with zero attached hydrogens (tertiary/aromatic N) is 2. The second-order valence-corrected chi connectivity index (χ2v) is 6.18. The number of hydrogen-bond donors (Lipinski definition) is 0. The molecule has 1 saturated heterocycles. The summed E-state index contributed by atoms with van der Waals surface area (Å²) in [7, 11) is 1.93. The van der Waals surface area contributed by atoms with Crippen molar-refractivity contribution in [2.24, 2.45) is 5.92 Å². The summed E-state index contributed by atoms with van der Waals surface area (Å²) in [5.41, 5.74) is -0.0579. The largest absolute Gasteiger partial charge is 0.341 e. The van der Waals surface area contributed by atoms with Gasteiger partial charge in [-0.15, -0.1) is 0 Å². The van der Waals surface area contributed by atoms with Crippen molar-refractivity contribution in [2.45, 2.75) is 52.5 Å². The van der Waals surface area contributed by atoms with E-state index >= 15 is 0 Å². The SMILES string of the molecule is CCCN1CCC(C(=O)N(C)C(C)(C)C)CC1. The number of carbonyl (C=O) groups excluding carboxylic acids is 1. The van der Waals surface area contributed by atoms with Crippen LogP contribution in [0, 0.1) is 5.92 Å². The summed E-state index contributed by atoms with van der Waals surface area (Å²) in [5, 5.41) is 0. The van der Waals surface area contributed by atoms with Crippen molar-refractivity contribution in [1.29, 1.82) is 0 Å². The van der Waals surface area contributed by atoms with Crippen LogP contribution in [0.4, 0.5) is 0 Å². The van der Waals surface area contributed by atoms with Crippen LogP contribution >= 0.6 is 0 Å². The lowest BCUT2D eigenvalue weighted by atomic mass is 9.93. The van der Waals surface area contributed by atoms with Crippen LogP contribution in [0.25, 0.3) is 0 Å². The van der Waals surface area contributed by atoms with Gasteiger partial charge in [0.05, 0.1) is 0 Å². The monoisotopic (exact) mass is 240 g/mol. The molecule has 0 spiro atoms. The maximum Gasteiger partial charge on any atom is 0.225 e. The maximum absolute atomic E-state index is 12.3. The molecule has 0 unspecified atom stereocenters. The molecule has 1 aliphatic heterocycles. The minimum atomic E-state index is -0.0579. The van der Waals surface area contributed by atoms with Crippen LogP contribution in [0.3, 0.4) is 0 Å². The highest BCUT2D eigenvalue weighted by atomic mass is 16.2. The Morgan fingerprint density at radius 1 is 1.29 bits per heavy atom. The van der Waals surface area contributed by atoms with Crippen LogP contribution in [0.15, 0.2) is 0 Å². The number of hydrogen-bond acceptors (Lipinski definition) is 2. The molecule has 1 aliphatic rings. The van der Waals surface area contributed by atoms with E-state index in [0.29, 0.717) is 5.91 Å². The first-order valence-electron chi connectivity index (χ1n) is 6.86. The van der Waals surface area contributed by atoms with E-state index in [2.05, 4.69) is 32.6 Å². The number of likely N-dealkylation sites (tertiary alicyclic amines) is 1. The van der Waals surface area contributed by atoms with Crippen molar-refractivity contribution in [3.8, 4) is 0 Å². The third-order valence-corrected chi connectivity index (χ3v) is 3.81. The van der Waals surface area contributed by atoms with Crippen molar-refractivity contribution in [3.63, 3.8) is 0 Å². The summed E-state index contributed by atoms with van der Waals surface area (Å²) in [6.45, 7) is 11.8. The second-order valence-electron chi connectivity index (χ2n) is 6.18. The molecule has 0 saturated carbocycles. The van der Waals surface area contributed by atoms with Crippen molar-refractivity contribution in [2.75, 3.05) is 26.7 Å². The average molecular weight is 240 g/mol. The van der Waals surface area contributed by atoms with Gasteiger partial charge in [0.25, 0.3) is 0 Å². The van der Waals surface area contributed by atoms with Crippen LogP contribution in [0.5, 0.6) is 0 Å². The summed E-state index contributed by atoms with van der Waals surface area (Å²) in [6.07, 6.45) is 3.26. The third kappa shape index (κ3) is 3.98. The molecule has 3 nitrogen and oxygen atoms in total. The zero-order chi connectivity index (χ0) is 13.1. The first-order chi connectivity index (χ1) is 7.86. The fraction of sp³-hybridized carbons (Fsp3) is 0.929. The molecule has 0 atom stereocenters. The van der Waals surface area contributed by atoms with E-state index in [1.807, 2.05) is 11.9 Å². The van der Waals surface area contributed by atoms with Crippen molar-refractivity contribution in [1.82, 2.24) is 9.80 Å². The Kier molecular flexibility index (Phi) is 4.99. The van der Waals surface area contributed by atoms with Crippen LogP contribution in [-0.4, -0.2) is 47.9 Å². The van der Waals surface area contributed by atoms with Gasteiger partial charge in [0, 0.05) is 18.5 Å². The fourth-order valence-corrected chi connectivity index (χ4v) is 2.32. The van der Waals surface area contributed by atoms with Gasteiger partial charge in [0.1, 0.15) is 0 Å². The fourth-order valence-electron chi connectivity index (χ4n) is 2.32. The highest BCUT2D eigenvalue weighted by Crippen LogP contribution is 2.22. The van der Waals surface area contributed by atoms with E-state index in [-0.39, 0.29) is 11.5 Å². The lowest BCUT2D eigenvalue weighted by Gasteiger charge is -2.38. The van der Waals surface area contributed by atoms with Crippen LogP contribution in [0.1, 0.15) is 47.0 Å². The molecule has 1 rings (SSSR count). The maximum atomic E-state index is 12.3. The minimum absolute atomic E-state index is 0.0579. The summed E-state index contributed by atoms with van der Waals surface area (Å²) < 4.78 is 0. The van der Waals surface area contributed by atoms with Crippen molar-refractivity contribution >= 4 is 5.91 Å². The molecule has 0 bridgehead atoms. The van der Waals surface area contributed by atoms with Gasteiger partial charge in [0.15, 0.2) is 0 Å².